The number of hydrogen-bond donors (Lipinski definition) is 0. The Morgan fingerprint density at radius 2 is 1.28 bits per heavy atom. The molecular formula is C24H20O. The molecule has 0 aromatic heterocycles. The van der Waals surface area contributed by atoms with Crippen LogP contribution in [0.15, 0.2) is 103 Å². The van der Waals surface area contributed by atoms with Gasteiger partial charge in [0, 0.05) is 5.56 Å². The summed E-state index contributed by atoms with van der Waals surface area (Å²) in [5.74, 6) is 0.0176. The third-order valence-electron chi connectivity index (χ3n) is 3.94. The summed E-state index contributed by atoms with van der Waals surface area (Å²) < 4.78 is 0. The molecule has 0 N–H and O–H groups in total. The van der Waals surface area contributed by atoms with Crippen molar-refractivity contribution < 1.29 is 4.79 Å². The van der Waals surface area contributed by atoms with Crippen molar-refractivity contribution in [2.45, 2.75) is 6.42 Å². The van der Waals surface area contributed by atoms with E-state index in [1.54, 1.807) is 12.2 Å². The van der Waals surface area contributed by atoms with E-state index in [1.807, 2.05) is 84.9 Å². The molecule has 3 aromatic carbocycles. The van der Waals surface area contributed by atoms with Crippen LogP contribution in [0.25, 0.3) is 6.08 Å². The van der Waals surface area contributed by atoms with Gasteiger partial charge in [0.05, 0.1) is 0 Å². The number of carbonyl (C=O) groups excluding carboxylic acids is 1. The molecule has 0 bridgehead atoms. The Morgan fingerprint density at radius 3 is 1.96 bits per heavy atom. The molecule has 25 heavy (non-hydrogen) atoms. The minimum Gasteiger partial charge on any atom is -0.289 e. The Labute approximate surface area is 149 Å². The number of hydrogen-bond acceptors (Lipinski definition) is 1. The summed E-state index contributed by atoms with van der Waals surface area (Å²) in [6, 6.07) is 28.2. The summed E-state index contributed by atoms with van der Waals surface area (Å²) >= 11 is 0. The molecule has 0 atom stereocenters. The van der Waals surface area contributed by atoms with E-state index in [-0.39, 0.29) is 5.78 Å². The van der Waals surface area contributed by atoms with Crippen molar-refractivity contribution in [2.24, 2.45) is 0 Å². The molecule has 0 fully saturated rings. The van der Waals surface area contributed by atoms with E-state index in [4.69, 9.17) is 0 Å². The fourth-order valence-electron chi connectivity index (χ4n) is 2.59. The summed E-state index contributed by atoms with van der Waals surface area (Å²) in [4.78, 5) is 12.2. The Kier molecular flexibility index (Phi) is 5.73. The topological polar surface area (TPSA) is 17.1 Å². The largest absolute Gasteiger partial charge is 0.289 e. The van der Waals surface area contributed by atoms with E-state index in [0.717, 1.165) is 12.0 Å². The van der Waals surface area contributed by atoms with Gasteiger partial charge in [0.25, 0.3) is 0 Å². The highest BCUT2D eigenvalue weighted by atomic mass is 16.1. The summed E-state index contributed by atoms with van der Waals surface area (Å²) in [7, 11) is 0. The van der Waals surface area contributed by atoms with Gasteiger partial charge in [-0.2, -0.15) is 0 Å². The van der Waals surface area contributed by atoms with Crippen molar-refractivity contribution in [1.29, 1.82) is 0 Å². The molecule has 0 aliphatic heterocycles. The van der Waals surface area contributed by atoms with Gasteiger partial charge in [-0.25, -0.2) is 0 Å². The van der Waals surface area contributed by atoms with Gasteiger partial charge < -0.3 is 0 Å². The molecule has 3 rings (SSSR count). The summed E-state index contributed by atoms with van der Waals surface area (Å²) in [6.45, 7) is 0. The van der Waals surface area contributed by atoms with Crippen LogP contribution in [0.1, 0.15) is 27.0 Å². The zero-order valence-corrected chi connectivity index (χ0v) is 14.0. The lowest BCUT2D eigenvalue weighted by Gasteiger charge is -2.03. The normalized spacial score (nSPS) is 11.2. The van der Waals surface area contributed by atoms with Crippen molar-refractivity contribution in [3.63, 3.8) is 0 Å². The smallest absolute Gasteiger partial charge is 0.185 e. The molecule has 0 unspecified atom stereocenters. The number of allylic oxidation sites excluding steroid dienone is 3. The lowest BCUT2D eigenvalue weighted by atomic mass is 10.0. The van der Waals surface area contributed by atoms with Crippen LogP contribution >= 0.6 is 0 Å². The zero-order chi connectivity index (χ0) is 17.3. The van der Waals surface area contributed by atoms with Crippen LogP contribution in [0.3, 0.4) is 0 Å². The van der Waals surface area contributed by atoms with Crippen molar-refractivity contribution >= 4 is 11.9 Å². The first kappa shape index (κ1) is 16.7. The molecule has 0 amide bonds. The van der Waals surface area contributed by atoms with Crippen molar-refractivity contribution in [3.05, 3.63) is 125 Å². The lowest BCUT2D eigenvalue weighted by molar-refractivity contribution is 0.104. The standard InChI is InChI=1S/C24H20O/c25-24(14-8-7-11-20-9-3-1-4-10-20)23-17-15-22(16-18-23)19-21-12-5-2-6-13-21/h1-18H,19H2. The van der Waals surface area contributed by atoms with Gasteiger partial charge in [-0.05, 0) is 29.2 Å². The summed E-state index contributed by atoms with van der Waals surface area (Å²) in [5.41, 5.74) is 4.30. The fourth-order valence-corrected chi connectivity index (χ4v) is 2.59. The van der Waals surface area contributed by atoms with Crippen LogP contribution in [0.4, 0.5) is 0 Å². The first-order valence-corrected chi connectivity index (χ1v) is 8.38. The maximum atomic E-state index is 12.2. The molecule has 0 aliphatic carbocycles. The number of ketones is 1. The maximum absolute atomic E-state index is 12.2. The molecule has 3 aromatic rings. The first-order chi connectivity index (χ1) is 12.3. The molecule has 0 saturated carbocycles. The van der Waals surface area contributed by atoms with Gasteiger partial charge in [0.15, 0.2) is 5.78 Å². The summed E-state index contributed by atoms with van der Waals surface area (Å²) in [5, 5.41) is 0. The van der Waals surface area contributed by atoms with Crippen LogP contribution in [-0.2, 0) is 6.42 Å². The number of benzene rings is 3. The minimum absolute atomic E-state index is 0.0176. The second-order valence-corrected chi connectivity index (χ2v) is 5.85. The highest BCUT2D eigenvalue weighted by molar-refractivity contribution is 6.04. The fraction of sp³-hybridized carbons (Fsp3) is 0.0417. The Balaban J connectivity index is 1.59. The quantitative estimate of drug-likeness (QED) is 0.321. The van der Waals surface area contributed by atoms with E-state index >= 15 is 0 Å². The van der Waals surface area contributed by atoms with Crippen LogP contribution in [-0.4, -0.2) is 5.78 Å². The van der Waals surface area contributed by atoms with E-state index in [9.17, 15) is 4.79 Å². The first-order valence-electron chi connectivity index (χ1n) is 8.38. The molecule has 0 aliphatic rings. The van der Waals surface area contributed by atoms with Gasteiger partial charge in [0.1, 0.15) is 0 Å². The average Bonchev–Trinajstić information content (AvgIpc) is 2.67. The van der Waals surface area contributed by atoms with Gasteiger partial charge in [0.2, 0.25) is 0 Å². The highest BCUT2D eigenvalue weighted by Gasteiger charge is 2.02. The zero-order valence-electron chi connectivity index (χ0n) is 14.0. The molecule has 122 valence electrons. The Hall–Kier alpha value is -3.19. The second kappa shape index (κ2) is 8.60. The third-order valence-corrected chi connectivity index (χ3v) is 3.94. The van der Waals surface area contributed by atoms with Crippen LogP contribution in [0, 0.1) is 0 Å². The van der Waals surface area contributed by atoms with Crippen molar-refractivity contribution in [1.82, 2.24) is 0 Å². The lowest BCUT2D eigenvalue weighted by Crippen LogP contribution is -1.95. The molecule has 1 heteroatoms. The van der Waals surface area contributed by atoms with Crippen LogP contribution in [0.2, 0.25) is 0 Å². The monoisotopic (exact) mass is 324 g/mol. The van der Waals surface area contributed by atoms with E-state index in [0.29, 0.717) is 5.56 Å². The molecular weight excluding hydrogens is 304 g/mol. The molecule has 1 nitrogen and oxygen atoms in total. The van der Waals surface area contributed by atoms with Gasteiger partial charge >= 0.3 is 0 Å². The van der Waals surface area contributed by atoms with Crippen molar-refractivity contribution in [2.75, 3.05) is 0 Å². The molecule has 0 radical (unpaired) electrons. The molecule has 0 saturated heterocycles. The number of carbonyl (C=O) groups is 1. The third kappa shape index (κ3) is 5.15. The minimum atomic E-state index is 0.0176. The average molecular weight is 324 g/mol. The predicted molar refractivity (Wildman–Crippen MR) is 105 cm³/mol. The SMILES string of the molecule is O=C(C=CC=Cc1ccccc1)c1ccc(Cc2ccccc2)cc1. The molecule has 0 spiro atoms. The van der Waals surface area contributed by atoms with Crippen LogP contribution in [0.5, 0.6) is 0 Å². The van der Waals surface area contributed by atoms with E-state index in [1.165, 1.54) is 11.1 Å². The summed E-state index contributed by atoms with van der Waals surface area (Å²) in [6.07, 6.45) is 8.13. The van der Waals surface area contributed by atoms with Gasteiger partial charge in [-0.15, -0.1) is 0 Å². The Bertz CT molecular complexity index is 857. The highest BCUT2D eigenvalue weighted by Crippen LogP contribution is 2.11. The van der Waals surface area contributed by atoms with E-state index in [2.05, 4.69) is 12.1 Å². The Morgan fingerprint density at radius 1 is 0.680 bits per heavy atom. The van der Waals surface area contributed by atoms with Gasteiger partial charge in [-0.3, -0.25) is 4.79 Å². The van der Waals surface area contributed by atoms with Gasteiger partial charge in [-0.1, -0.05) is 103 Å². The molecule has 0 heterocycles. The van der Waals surface area contributed by atoms with Crippen molar-refractivity contribution in [3.8, 4) is 0 Å². The number of rotatable bonds is 6. The second-order valence-electron chi connectivity index (χ2n) is 5.85. The predicted octanol–water partition coefficient (Wildman–Crippen LogP) is 5.73. The maximum Gasteiger partial charge on any atom is 0.185 e. The van der Waals surface area contributed by atoms with E-state index < -0.39 is 0 Å². The van der Waals surface area contributed by atoms with Crippen LogP contribution < -0.4 is 0 Å².